The molecule has 13 heavy (non-hydrogen) atoms. The number of hydrogen-bond donors (Lipinski definition) is 1. The van der Waals surface area contributed by atoms with Crippen LogP contribution in [0, 0.1) is 0 Å². The smallest absolute Gasteiger partial charge is 0.0899 e. The van der Waals surface area contributed by atoms with Gasteiger partial charge in [-0.25, -0.2) is 0 Å². The van der Waals surface area contributed by atoms with Crippen LogP contribution in [-0.4, -0.2) is 54.1 Å². The normalized spacial score (nSPS) is 26.6. The molecule has 1 heterocycles. The molecular formula is C9H19N3S. The number of nitrogens with two attached hydrogens (primary N) is 1. The van der Waals surface area contributed by atoms with Crippen molar-refractivity contribution in [2.75, 3.05) is 27.2 Å². The Kier molecular flexibility index (Phi) is 3.64. The van der Waals surface area contributed by atoms with Crippen LogP contribution >= 0.6 is 12.2 Å². The maximum Gasteiger partial charge on any atom is 0.0899 e. The fraction of sp³-hybridized carbons (Fsp3) is 0.889. The number of hydrogen-bond acceptors (Lipinski definition) is 3. The molecule has 1 fully saturated rings. The molecule has 0 saturated carbocycles. The Morgan fingerprint density at radius 2 is 2.31 bits per heavy atom. The molecule has 1 aliphatic rings. The van der Waals surface area contributed by atoms with Crippen molar-refractivity contribution in [2.24, 2.45) is 5.73 Å². The molecule has 0 aromatic rings. The summed E-state index contributed by atoms with van der Waals surface area (Å²) in [5.41, 5.74) is 5.62. The lowest BCUT2D eigenvalue weighted by Crippen LogP contribution is -2.45. The summed E-state index contributed by atoms with van der Waals surface area (Å²) >= 11 is 4.98. The highest BCUT2D eigenvalue weighted by Gasteiger charge is 2.26. The number of nitrogens with zero attached hydrogens (tertiary/aromatic N) is 2. The molecule has 1 rings (SSSR count). The van der Waals surface area contributed by atoms with Gasteiger partial charge in [0.05, 0.1) is 11.0 Å². The Hall–Kier alpha value is -0.190. The largest absolute Gasteiger partial charge is 0.392 e. The Balaban J connectivity index is 2.47. The predicted octanol–water partition coefficient (Wildman–Crippen LogP) is 0.297. The van der Waals surface area contributed by atoms with Crippen molar-refractivity contribution in [3.05, 3.63) is 0 Å². The van der Waals surface area contributed by atoms with Gasteiger partial charge >= 0.3 is 0 Å². The highest BCUT2D eigenvalue weighted by atomic mass is 32.1. The summed E-state index contributed by atoms with van der Waals surface area (Å²) in [4.78, 5) is 5.22. The Labute approximate surface area is 85.9 Å². The van der Waals surface area contributed by atoms with Crippen LogP contribution in [-0.2, 0) is 0 Å². The molecule has 0 bridgehead atoms. The summed E-state index contributed by atoms with van der Waals surface area (Å²) in [5.74, 6) is 0. The zero-order valence-electron chi connectivity index (χ0n) is 8.66. The van der Waals surface area contributed by atoms with Crippen LogP contribution in [0.25, 0.3) is 0 Å². The van der Waals surface area contributed by atoms with Crippen LogP contribution in [0.3, 0.4) is 0 Å². The van der Waals surface area contributed by atoms with Crippen LogP contribution in [0.4, 0.5) is 0 Å². The summed E-state index contributed by atoms with van der Waals surface area (Å²) in [5, 5.41) is 0. The average molecular weight is 201 g/mol. The highest BCUT2D eigenvalue weighted by molar-refractivity contribution is 7.80. The first-order chi connectivity index (χ1) is 6.02. The molecule has 4 heteroatoms. The van der Waals surface area contributed by atoms with Gasteiger partial charge in [0.1, 0.15) is 0 Å². The second kappa shape index (κ2) is 4.35. The summed E-state index contributed by atoms with van der Waals surface area (Å²) < 4.78 is 0. The van der Waals surface area contributed by atoms with E-state index >= 15 is 0 Å². The Bertz CT molecular complexity index is 195. The fourth-order valence-corrected chi connectivity index (χ4v) is 1.93. The third-order valence-corrected chi connectivity index (χ3v) is 3.31. The van der Waals surface area contributed by atoms with Gasteiger partial charge < -0.3 is 10.6 Å². The second-order valence-corrected chi connectivity index (χ2v) is 4.42. The lowest BCUT2D eigenvalue weighted by Gasteiger charge is -2.29. The van der Waals surface area contributed by atoms with Gasteiger partial charge in [-0.15, -0.1) is 0 Å². The van der Waals surface area contributed by atoms with Crippen LogP contribution < -0.4 is 5.73 Å². The van der Waals surface area contributed by atoms with Gasteiger partial charge in [-0.2, -0.15) is 0 Å². The number of rotatable bonds is 3. The van der Waals surface area contributed by atoms with Gasteiger partial charge in [-0.05, 0) is 34.0 Å². The molecule has 2 atom stereocenters. The third-order valence-electron chi connectivity index (χ3n) is 2.97. The number of likely N-dealkylation sites (tertiary alicyclic amines) is 1. The zero-order chi connectivity index (χ0) is 10.0. The monoisotopic (exact) mass is 201 g/mol. The van der Waals surface area contributed by atoms with Gasteiger partial charge in [0.15, 0.2) is 0 Å². The first-order valence-corrected chi connectivity index (χ1v) is 5.13. The van der Waals surface area contributed by atoms with Gasteiger partial charge in [0, 0.05) is 12.6 Å². The standard InChI is InChI=1S/C9H19N3S/c1-7(9(10)13)12(3)8-4-5-11(2)6-8/h7-8H,4-6H2,1-3H3,(H2,10,13). The zero-order valence-corrected chi connectivity index (χ0v) is 9.47. The highest BCUT2D eigenvalue weighted by Crippen LogP contribution is 2.14. The minimum absolute atomic E-state index is 0.214. The van der Waals surface area contributed by atoms with E-state index in [0.29, 0.717) is 11.0 Å². The van der Waals surface area contributed by atoms with Gasteiger partial charge in [0.2, 0.25) is 0 Å². The summed E-state index contributed by atoms with van der Waals surface area (Å²) in [7, 11) is 4.26. The SMILES string of the molecule is CC(C(N)=S)N(C)C1CCN(C)C1. The van der Waals surface area contributed by atoms with Crippen molar-refractivity contribution in [3.63, 3.8) is 0 Å². The van der Waals surface area contributed by atoms with Crippen molar-refractivity contribution in [1.82, 2.24) is 9.80 Å². The van der Waals surface area contributed by atoms with E-state index in [4.69, 9.17) is 18.0 Å². The van der Waals surface area contributed by atoms with E-state index in [9.17, 15) is 0 Å². The van der Waals surface area contributed by atoms with Crippen molar-refractivity contribution in [2.45, 2.75) is 25.4 Å². The van der Waals surface area contributed by atoms with Crippen molar-refractivity contribution >= 4 is 17.2 Å². The number of likely N-dealkylation sites (N-methyl/N-ethyl adjacent to an activating group) is 2. The van der Waals surface area contributed by atoms with E-state index in [-0.39, 0.29) is 6.04 Å². The van der Waals surface area contributed by atoms with Crippen molar-refractivity contribution in [1.29, 1.82) is 0 Å². The van der Waals surface area contributed by atoms with Crippen LogP contribution in [0.15, 0.2) is 0 Å². The molecule has 2 unspecified atom stereocenters. The quantitative estimate of drug-likeness (QED) is 0.666. The molecule has 3 nitrogen and oxygen atoms in total. The van der Waals surface area contributed by atoms with Gasteiger partial charge in [-0.3, -0.25) is 4.90 Å². The Morgan fingerprint density at radius 3 is 2.69 bits per heavy atom. The summed E-state index contributed by atoms with van der Waals surface area (Å²) in [6, 6.07) is 0.827. The predicted molar refractivity (Wildman–Crippen MR) is 59.9 cm³/mol. The van der Waals surface area contributed by atoms with Crippen LogP contribution in [0.2, 0.25) is 0 Å². The number of thiocarbonyl (C=S) groups is 1. The fourth-order valence-electron chi connectivity index (χ4n) is 1.76. The lowest BCUT2D eigenvalue weighted by molar-refractivity contribution is 0.224. The molecular weight excluding hydrogens is 182 g/mol. The van der Waals surface area contributed by atoms with E-state index in [0.717, 1.165) is 6.54 Å². The minimum atomic E-state index is 0.214. The average Bonchev–Trinajstić information content (AvgIpc) is 2.49. The molecule has 2 N–H and O–H groups in total. The summed E-state index contributed by atoms with van der Waals surface area (Å²) in [6.07, 6.45) is 1.22. The van der Waals surface area contributed by atoms with Crippen LogP contribution in [0.5, 0.6) is 0 Å². The van der Waals surface area contributed by atoms with E-state index in [1.807, 2.05) is 0 Å². The maximum absolute atomic E-state index is 5.62. The van der Waals surface area contributed by atoms with E-state index in [1.165, 1.54) is 13.0 Å². The second-order valence-electron chi connectivity index (χ2n) is 3.95. The van der Waals surface area contributed by atoms with E-state index < -0.39 is 0 Å². The van der Waals surface area contributed by atoms with Gasteiger partial charge in [0.25, 0.3) is 0 Å². The minimum Gasteiger partial charge on any atom is -0.392 e. The van der Waals surface area contributed by atoms with E-state index in [2.05, 4.69) is 30.8 Å². The molecule has 0 spiro atoms. The summed E-state index contributed by atoms with van der Waals surface area (Å²) in [6.45, 7) is 4.38. The van der Waals surface area contributed by atoms with Crippen LogP contribution in [0.1, 0.15) is 13.3 Å². The molecule has 0 aromatic heterocycles. The maximum atomic E-state index is 5.62. The van der Waals surface area contributed by atoms with Crippen molar-refractivity contribution in [3.8, 4) is 0 Å². The molecule has 0 aliphatic carbocycles. The molecule has 0 amide bonds. The molecule has 0 aromatic carbocycles. The Morgan fingerprint density at radius 1 is 1.69 bits per heavy atom. The molecule has 1 saturated heterocycles. The van der Waals surface area contributed by atoms with E-state index in [1.54, 1.807) is 0 Å². The third kappa shape index (κ3) is 2.62. The van der Waals surface area contributed by atoms with Gasteiger partial charge in [-0.1, -0.05) is 12.2 Å². The molecule has 1 aliphatic heterocycles. The molecule has 0 radical (unpaired) electrons. The molecule has 76 valence electrons. The topological polar surface area (TPSA) is 32.5 Å². The first kappa shape index (κ1) is 10.9. The first-order valence-electron chi connectivity index (χ1n) is 4.72. The lowest BCUT2D eigenvalue weighted by atomic mass is 10.2. The van der Waals surface area contributed by atoms with Crippen molar-refractivity contribution < 1.29 is 0 Å².